The van der Waals surface area contributed by atoms with Gasteiger partial charge in [0.05, 0.1) is 30.8 Å². The van der Waals surface area contributed by atoms with Gasteiger partial charge >= 0.3 is 0 Å². The largest absolute Gasteiger partial charge is 0.341 e. The third-order valence-electron chi connectivity index (χ3n) is 11.3. The molecule has 45 heavy (non-hydrogen) atoms. The van der Waals surface area contributed by atoms with E-state index in [9.17, 15) is 19.2 Å². The fourth-order valence-electron chi connectivity index (χ4n) is 8.27. The molecular formula is C35H46N6O4. The SMILES string of the molecule is CC1(C)C[C@@H]1C(=O)N1CC2(CN(C(=O)c3cnn(Cc4ccccc4)c3)C[C@H]2C(=O)N2CCN(CC3CCCCC3)C(=O)C2)C1. The van der Waals surface area contributed by atoms with Crippen LogP contribution in [0.1, 0.15) is 68.3 Å². The molecule has 2 atom stereocenters. The third-order valence-corrected chi connectivity index (χ3v) is 11.3. The molecule has 0 bridgehead atoms. The highest BCUT2D eigenvalue weighted by molar-refractivity contribution is 5.95. The number of carbonyl (C=O) groups is 4. The maximum atomic E-state index is 14.2. The van der Waals surface area contributed by atoms with Crippen molar-refractivity contribution < 1.29 is 19.2 Å². The summed E-state index contributed by atoms with van der Waals surface area (Å²) in [5.74, 6) is 0.126. The van der Waals surface area contributed by atoms with Crippen molar-refractivity contribution in [1.82, 2.24) is 29.4 Å². The van der Waals surface area contributed by atoms with Gasteiger partial charge in [0.15, 0.2) is 0 Å². The molecule has 5 fully saturated rings. The minimum absolute atomic E-state index is 0.0207. The monoisotopic (exact) mass is 614 g/mol. The Morgan fingerprint density at radius 2 is 1.58 bits per heavy atom. The van der Waals surface area contributed by atoms with E-state index in [0.717, 1.165) is 18.5 Å². The highest BCUT2D eigenvalue weighted by Gasteiger charge is 2.62. The van der Waals surface area contributed by atoms with E-state index in [4.69, 9.17) is 0 Å². The molecule has 7 rings (SSSR count). The molecular weight excluding hydrogens is 568 g/mol. The molecule has 5 aliphatic rings. The molecule has 0 unspecified atom stereocenters. The van der Waals surface area contributed by atoms with Crippen molar-refractivity contribution in [3.05, 3.63) is 53.9 Å². The van der Waals surface area contributed by atoms with Crippen LogP contribution in [0.3, 0.4) is 0 Å². The number of benzene rings is 1. The van der Waals surface area contributed by atoms with E-state index in [1.54, 1.807) is 26.9 Å². The predicted octanol–water partition coefficient (Wildman–Crippen LogP) is 3.13. The first kappa shape index (κ1) is 30.0. The highest BCUT2D eigenvalue weighted by Crippen LogP contribution is 2.55. The second-order valence-electron chi connectivity index (χ2n) is 15.1. The molecule has 4 amide bonds. The lowest BCUT2D eigenvalue weighted by Crippen LogP contribution is -2.65. The van der Waals surface area contributed by atoms with Crippen LogP contribution in [-0.4, -0.2) is 105 Å². The zero-order chi connectivity index (χ0) is 31.3. The Kier molecular flexibility index (Phi) is 7.72. The van der Waals surface area contributed by atoms with E-state index >= 15 is 0 Å². The van der Waals surface area contributed by atoms with Crippen molar-refractivity contribution in [2.24, 2.45) is 28.6 Å². The summed E-state index contributed by atoms with van der Waals surface area (Å²) in [5.41, 5.74) is 1.12. The molecule has 2 aliphatic carbocycles. The molecule has 10 heteroatoms. The van der Waals surface area contributed by atoms with Crippen molar-refractivity contribution >= 4 is 23.6 Å². The number of rotatable bonds is 7. The van der Waals surface area contributed by atoms with Crippen LogP contribution in [0.2, 0.25) is 0 Å². The topological polar surface area (TPSA) is 99.1 Å². The Morgan fingerprint density at radius 1 is 0.889 bits per heavy atom. The minimum Gasteiger partial charge on any atom is -0.341 e. The number of hydrogen-bond acceptors (Lipinski definition) is 5. The molecule has 2 aromatic rings. The fourth-order valence-corrected chi connectivity index (χ4v) is 8.27. The summed E-state index contributed by atoms with van der Waals surface area (Å²) in [4.78, 5) is 61.8. The first-order chi connectivity index (χ1) is 21.6. The van der Waals surface area contributed by atoms with Crippen LogP contribution in [0.4, 0.5) is 0 Å². The van der Waals surface area contributed by atoms with Gasteiger partial charge in [-0.1, -0.05) is 63.4 Å². The van der Waals surface area contributed by atoms with Crippen LogP contribution in [0.5, 0.6) is 0 Å². The van der Waals surface area contributed by atoms with Crippen molar-refractivity contribution in [3.63, 3.8) is 0 Å². The Hall–Kier alpha value is -3.69. The molecule has 1 aromatic heterocycles. The normalized spacial score (nSPS) is 25.9. The molecule has 4 heterocycles. The van der Waals surface area contributed by atoms with Gasteiger partial charge in [0.2, 0.25) is 17.7 Å². The first-order valence-corrected chi connectivity index (χ1v) is 16.8. The fraction of sp³-hybridized carbons (Fsp3) is 0.629. The average Bonchev–Trinajstić information content (AvgIpc) is 3.33. The molecule has 10 nitrogen and oxygen atoms in total. The third kappa shape index (κ3) is 5.88. The molecule has 0 N–H and O–H groups in total. The van der Waals surface area contributed by atoms with Crippen LogP contribution in [0, 0.1) is 28.6 Å². The first-order valence-electron chi connectivity index (χ1n) is 16.8. The van der Waals surface area contributed by atoms with E-state index < -0.39 is 11.3 Å². The van der Waals surface area contributed by atoms with Gasteiger partial charge in [-0.25, -0.2) is 0 Å². The number of piperazine rings is 1. The smallest absolute Gasteiger partial charge is 0.257 e. The Morgan fingerprint density at radius 3 is 2.27 bits per heavy atom. The second kappa shape index (κ2) is 11.6. The van der Waals surface area contributed by atoms with Crippen molar-refractivity contribution in [2.45, 2.75) is 58.9 Å². The van der Waals surface area contributed by atoms with Gasteiger partial charge in [0.25, 0.3) is 5.91 Å². The second-order valence-corrected chi connectivity index (χ2v) is 15.1. The van der Waals surface area contributed by atoms with E-state index in [1.807, 2.05) is 40.1 Å². The van der Waals surface area contributed by atoms with Crippen LogP contribution in [-0.2, 0) is 20.9 Å². The van der Waals surface area contributed by atoms with E-state index in [1.165, 1.54) is 32.1 Å². The predicted molar refractivity (Wildman–Crippen MR) is 168 cm³/mol. The highest BCUT2D eigenvalue weighted by atomic mass is 16.2. The zero-order valence-electron chi connectivity index (χ0n) is 26.7. The van der Waals surface area contributed by atoms with Gasteiger partial charge in [-0.2, -0.15) is 5.10 Å². The van der Waals surface area contributed by atoms with Crippen molar-refractivity contribution in [2.75, 3.05) is 52.4 Å². The molecule has 2 saturated carbocycles. The lowest BCUT2D eigenvalue weighted by molar-refractivity contribution is -0.158. The van der Waals surface area contributed by atoms with E-state index in [0.29, 0.717) is 50.7 Å². The number of likely N-dealkylation sites (tertiary alicyclic amines) is 2. The maximum Gasteiger partial charge on any atom is 0.257 e. The minimum atomic E-state index is -0.496. The van der Waals surface area contributed by atoms with Gasteiger partial charge in [-0.15, -0.1) is 0 Å². The van der Waals surface area contributed by atoms with E-state index in [-0.39, 0.29) is 48.1 Å². The summed E-state index contributed by atoms with van der Waals surface area (Å²) in [7, 11) is 0. The van der Waals surface area contributed by atoms with Crippen molar-refractivity contribution in [3.8, 4) is 0 Å². The van der Waals surface area contributed by atoms with Crippen molar-refractivity contribution in [1.29, 1.82) is 0 Å². The summed E-state index contributed by atoms with van der Waals surface area (Å²) in [6, 6.07) is 9.98. The maximum absolute atomic E-state index is 14.2. The Balaban J connectivity index is 1.04. The van der Waals surface area contributed by atoms with Gasteiger partial charge in [0, 0.05) is 63.3 Å². The lowest BCUT2D eigenvalue weighted by Gasteiger charge is -2.51. The van der Waals surface area contributed by atoms with Crippen LogP contribution in [0.15, 0.2) is 42.7 Å². The molecule has 240 valence electrons. The Bertz CT molecular complexity index is 1460. The number of amides is 4. The average molecular weight is 615 g/mol. The summed E-state index contributed by atoms with van der Waals surface area (Å²) in [6.07, 6.45) is 10.4. The molecule has 1 aromatic carbocycles. The molecule has 0 radical (unpaired) electrons. The summed E-state index contributed by atoms with van der Waals surface area (Å²) < 4.78 is 1.76. The van der Waals surface area contributed by atoms with E-state index in [2.05, 4.69) is 18.9 Å². The lowest BCUT2D eigenvalue weighted by atomic mass is 9.70. The summed E-state index contributed by atoms with van der Waals surface area (Å²) in [5, 5.41) is 4.43. The summed E-state index contributed by atoms with van der Waals surface area (Å²) in [6.45, 7) is 8.42. The number of nitrogens with zero attached hydrogens (tertiary/aromatic N) is 6. The standard InChI is InChI=1S/C35H46N6O4/c1-34(2)15-28(34)32(44)40-23-35(24-40)22-39(31(43)27-16-36-41(19-27)18-26-11-7-4-8-12-26)20-29(35)33(45)38-14-13-37(30(42)21-38)17-25-9-5-3-6-10-25/h4,7-8,11-12,16,19,25,28-29H,3,5-6,9-10,13-15,17-18,20-24H2,1-2H3/t28-,29+/m1/s1. The number of hydrogen-bond donors (Lipinski definition) is 0. The molecule has 3 saturated heterocycles. The Labute approximate surface area is 265 Å². The van der Waals surface area contributed by atoms with Gasteiger partial charge in [0.1, 0.15) is 0 Å². The zero-order valence-corrected chi connectivity index (χ0v) is 26.7. The summed E-state index contributed by atoms with van der Waals surface area (Å²) >= 11 is 0. The van der Waals surface area contributed by atoms with Gasteiger partial charge in [-0.05, 0) is 36.2 Å². The molecule has 1 spiro atoms. The molecule has 3 aliphatic heterocycles. The van der Waals surface area contributed by atoms with Crippen LogP contribution in [0.25, 0.3) is 0 Å². The van der Waals surface area contributed by atoms with Gasteiger partial charge < -0.3 is 19.6 Å². The van der Waals surface area contributed by atoms with Crippen LogP contribution >= 0.6 is 0 Å². The number of aromatic nitrogens is 2. The number of carbonyl (C=O) groups excluding carboxylic acids is 4. The quantitative estimate of drug-likeness (QED) is 0.478. The van der Waals surface area contributed by atoms with Gasteiger partial charge in [-0.3, -0.25) is 23.9 Å². The van der Waals surface area contributed by atoms with Crippen LogP contribution < -0.4 is 0 Å².